The third-order valence-electron chi connectivity index (χ3n) is 6.11. The first-order valence-corrected chi connectivity index (χ1v) is 10.5. The van der Waals surface area contributed by atoms with Crippen LogP contribution in [0.4, 0.5) is 11.5 Å². The zero-order valence-corrected chi connectivity index (χ0v) is 17.0. The fraction of sp³-hybridized carbons (Fsp3) is 0.667. The number of morpholine rings is 1. The summed E-state index contributed by atoms with van der Waals surface area (Å²) in [5.41, 5.74) is 1.97. The topological polar surface area (TPSA) is 77.5 Å². The van der Waals surface area contributed by atoms with Crippen molar-refractivity contribution in [3.05, 3.63) is 9.77 Å². The van der Waals surface area contributed by atoms with E-state index in [1.165, 1.54) is 18.5 Å². The zero-order valence-electron chi connectivity index (χ0n) is 14.9. The Bertz CT molecular complexity index is 811. The summed E-state index contributed by atoms with van der Waals surface area (Å²) in [6, 6.07) is 3.38. The van der Waals surface area contributed by atoms with Crippen LogP contribution in [0.1, 0.15) is 32.6 Å². The Balaban J connectivity index is 1.61. The maximum Gasteiger partial charge on any atom is 0.186 e. The molecule has 140 valence electrons. The van der Waals surface area contributed by atoms with E-state index in [-0.39, 0.29) is 6.10 Å². The minimum Gasteiger partial charge on any atom is -0.393 e. The molecule has 2 aromatic heterocycles. The van der Waals surface area contributed by atoms with Crippen molar-refractivity contribution in [1.29, 1.82) is 0 Å². The smallest absolute Gasteiger partial charge is 0.186 e. The van der Waals surface area contributed by atoms with Crippen LogP contribution in [0.15, 0.2) is 6.07 Å². The van der Waals surface area contributed by atoms with Crippen LogP contribution in [0.2, 0.25) is 0 Å². The fourth-order valence-electron chi connectivity index (χ4n) is 4.82. The molecular formula is C18H24IN5O2. The molecule has 2 N–H and O–H groups in total. The van der Waals surface area contributed by atoms with Gasteiger partial charge in [-0.25, -0.2) is 4.98 Å². The first-order chi connectivity index (χ1) is 12.6. The standard InChI is InChI=1S/C18H24IN5O2/c1-10-6-13(25)4-5-23(10)14-7-15(20-18-16(14)17(19)21-22-18)24-11-2-3-12(24)9-26-8-11/h7,10-13,25H,2-6,8-9H2,1H3,(H,20,21,22)/t10-,11?,12?,13?/m1/s1. The summed E-state index contributed by atoms with van der Waals surface area (Å²) in [6.45, 7) is 4.63. The van der Waals surface area contributed by atoms with Crippen molar-refractivity contribution in [2.45, 2.75) is 56.8 Å². The number of hydrogen-bond donors (Lipinski definition) is 2. The average Bonchev–Trinajstić information content (AvgIpc) is 3.11. The Morgan fingerprint density at radius 3 is 2.77 bits per heavy atom. The molecule has 5 heterocycles. The largest absolute Gasteiger partial charge is 0.393 e. The van der Waals surface area contributed by atoms with Crippen molar-refractivity contribution in [2.75, 3.05) is 29.6 Å². The Morgan fingerprint density at radius 1 is 1.27 bits per heavy atom. The van der Waals surface area contributed by atoms with Crippen molar-refractivity contribution in [3.8, 4) is 0 Å². The summed E-state index contributed by atoms with van der Waals surface area (Å²) >= 11 is 2.31. The number of aromatic amines is 1. The number of aliphatic hydroxyl groups excluding tert-OH is 1. The van der Waals surface area contributed by atoms with Crippen molar-refractivity contribution >= 4 is 45.1 Å². The highest BCUT2D eigenvalue weighted by Crippen LogP contribution is 2.39. The maximum absolute atomic E-state index is 10.0. The number of piperidine rings is 1. The molecule has 26 heavy (non-hydrogen) atoms. The molecule has 3 aliphatic rings. The number of nitrogens with one attached hydrogen (secondary N) is 1. The van der Waals surface area contributed by atoms with Gasteiger partial charge >= 0.3 is 0 Å². The number of anilines is 2. The lowest BCUT2D eigenvalue weighted by Gasteiger charge is -2.39. The summed E-state index contributed by atoms with van der Waals surface area (Å²) in [5, 5.41) is 18.7. The van der Waals surface area contributed by atoms with Crippen LogP contribution in [-0.4, -0.2) is 64.3 Å². The lowest BCUT2D eigenvalue weighted by atomic mass is 9.99. The molecule has 0 amide bonds. The molecule has 3 unspecified atom stereocenters. The molecule has 2 bridgehead atoms. The van der Waals surface area contributed by atoms with Crippen molar-refractivity contribution in [3.63, 3.8) is 0 Å². The van der Waals surface area contributed by atoms with Gasteiger partial charge in [-0.05, 0) is 55.2 Å². The first-order valence-electron chi connectivity index (χ1n) is 9.47. The van der Waals surface area contributed by atoms with Crippen LogP contribution in [0.3, 0.4) is 0 Å². The molecule has 3 saturated heterocycles. The minimum atomic E-state index is -0.198. The van der Waals surface area contributed by atoms with Crippen molar-refractivity contribution in [1.82, 2.24) is 15.2 Å². The van der Waals surface area contributed by atoms with Crippen LogP contribution in [0.25, 0.3) is 11.0 Å². The van der Waals surface area contributed by atoms with E-state index >= 15 is 0 Å². The Labute approximate surface area is 166 Å². The second-order valence-electron chi connectivity index (χ2n) is 7.79. The highest BCUT2D eigenvalue weighted by atomic mass is 127. The summed E-state index contributed by atoms with van der Waals surface area (Å²) in [7, 11) is 0. The van der Waals surface area contributed by atoms with E-state index < -0.39 is 0 Å². The van der Waals surface area contributed by atoms with Crippen LogP contribution < -0.4 is 9.80 Å². The molecule has 0 aliphatic carbocycles. The normalized spacial score (nSPS) is 31.8. The van der Waals surface area contributed by atoms with E-state index in [9.17, 15) is 5.11 Å². The van der Waals surface area contributed by atoms with Crippen molar-refractivity contribution in [2.24, 2.45) is 0 Å². The molecule has 0 aromatic carbocycles. The van der Waals surface area contributed by atoms with Gasteiger partial charge in [0.15, 0.2) is 5.65 Å². The Morgan fingerprint density at radius 2 is 2.04 bits per heavy atom. The monoisotopic (exact) mass is 469 g/mol. The molecule has 8 heteroatoms. The third-order valence-corrected chi connectivity index (χ3v) is 6.89. The number of hydrogen-bond acceptors (Lipinski definition) is 6. The van der Waals surface area contributed by atoms with Gasteiger partial charge in [-0.3, -0.25) is 5.10 Å². The number of pyridine rings is 1. The van der Waals surface area contributed by atoms with Gasteiger partial charge in [0, 0.05) is 18.7 Å². The predicted molar refractivity (Wildman–Crippen MR) is 109 cm³/mol. The van der Waals surface area contributed by atoms with E-state index in [0.717, 1.165) is 53.2 Å². The lowest BCUT2D eigenvalue weighted by Crippen LogP contribution is -2.46. The molecule has 0 spiro atoms. The van der Waals surface area contributed by atoms with Crippen LogP contribution in [-0.2, 0) is 4.74 Å². The second-order valence-corrected chi connectivity index (χ2v) is 8.86. The highest BCUT2D eigenvalue weighted by molar-refractivity contribution is 14.1. The van der Waals surface area contributed by atoms with E-state index in [4.69, 9.17) is 9.72 Å². The summed E-state index contributed by atoms with van der Waals surface area (Å²) in [4.78, 5) is 9.78. The maximum atomic E-state index is 10.0. The van der Waals surface area contributed by atoms with E-state index in [1.807, 2.05) is 0 Å². The molecule has 5 rings (SSSR count). The summed E-state index contributed by atoms with van der Waals surface area (Å²) in [6.07, 6.45) is 3.75. The zero-order chi connectivity index (χ0) is 17.8. The van der Waals surface area contributed by atoms with E-state index in [0.29, 0.717) is 18.1 Å². The van der Waals surface area contributed by atoms with Gasteiger partial charge in [0.05, 0.1) is 42.5 Å². The fourth-order valence-corrected chi connectivity index (χ4v) is 5.46. The van der Waals surface area contributed by atoms with Gasteiger partial charge in [-0.2, -0.15) is 5.10 Å². The van der Waals surface area contributed by atoms with E-state index in [1.54, 1.807) is 0 Å². The highest BCUT2D eigenvalue weighted by Gasteiger charge is 2.39. The van der Waals surface area contributed by atoms with Crippen molar-refractivity contribution < 1.29 is 9.84 Å². The number of rotatable bonds is 2. The van der Waals surface area contributed by atoms with Gasteiger partial charge in [0.2, 0.25) is 0 Å². The Kier molecular flexibility index (Phi) is 4.24. The lowest BCUT2D eigenvalue weighted by molar-refractivity contribution is 0.0902. The summed E-state index contributed by atoms with van der Waals surface area (Å²) in [5.74, 6) is 1.02. The number of ether oxygens (including phenoxy) is 1. The SMILES string of the molecule is C[C@@H]1CC(O)CCN1c1cc(N2C3CCC2COC3)nc2n[nH]c(I)c12. The molecular weight excluding hydrogens is 445 g/mol. The molecule has 0 saturated carbocycles. The molecule has 3 aliphatic heterocycles. The number of halogens is 1. The van der Waals surface area contributed by atoms with E-state index in [2.05, 4.69) is 55.6 Å². The second kappa shape index (κ2) is 6.49. The molecule has 4 atom stereocenters. The van der Waals surface area contributed by atoms with Gasteiger partial charge < -0.3 is 19.6 Å². The average molecular weight is 469 g/mol. The predicted octanol–water partition coefficient (Wildman–Crippen LogP) is 2.28. The van der Waals surface area contributed by atoms with Gasteiger partial charge in [-0.15, -0.1) is 0 Å². The Hall–Kier alpha value is -1.13. The molecule has 7 nitrogen and oxygen atoms in total. The number of nitrogens with zero attached hydrogens (tertiary/aromatic N) is 4. The number of fused-ring (bicyclic) bond motifs is 3. The minimum absolute atomic E-state index is 0.198. The summed E-state index contributed by atoms with van der Waals surface area (Å²) < 4.78 is 6.77. The van der Waals surface area contributed by atoms with Gasteiger partial charge in [-0.1, -0.05) is 0 Å². The van der Waals surface area contributed by atoms with Crippen LogP contribution in [0.5, 0.6) is 0 Å². The van der Waals surface area contributed by atoms with Crippen LogP contribution >= 0.6 is 22.6 Å². The number of aliphatic hydroxyl groups is 1. The molecule has 0 radical (unpaired) electrons. The van der Waals surface area contributed by atoms with Gasteiger partial charge in [0.25, 0.3) is 0 Å². The number of H-pyrrole nitrogens is 1. The van der Waals surface area contributed by atoms with Gasteiger partial charge in [0.1, 0.15) is 9.52 Å². The quantitative estimate of drug-likeness (QED) is 0.658. The number of aromatic nitrogens is 3. The first kappa shape index (κ1) is 17.0. The van der Waals surface area contributed by atoms with Crippen LogP contribution in [0, 0.1) is 3.70 Å². The molecule has 2 aromatic rings. The molecule has 3 fully saturated rings. The third kappa shape index (κ3) is 2.68.